The maximum absolute atomic E-state index is 11.5. The van der Waals surface area contributed by atoms with E-state index in [-0.39, 0.29) is 6.61 Å². The van der Waals surface area contributed by atoms with Gasteiger partial charge in [0.05, 0.1) is 6.26 Å². The Morgan fingerprint density at radius 3 is 2.68 bits per heavy atom. The van der Waals surface area contributed by atoms with Gasteiger partial charge < -0.3 is 9.15 Å². The van der Waals surface area contributed by atoms with Crippen molar-refractivity contribution in [2.24, 2.45) is 0 Å². The number of carbonyl (C=O) groups is 1. The molecule has 2 rings (SSSR count). The van der Waals surface area contributed by atoms with Gasteiger partial charge in [0.2, 0.25) is 0 Å². The molecule has 0 unspecified atom stereocenters. The maximum atomic E-state index is 11.5. The molecule has 0 saturated carbocycles. The molecule has 0 saturated heterocycles. The molecule has 1 aromatic carbocycles. The predicted molar refractivity (Wildman–Crippen MR) is 74.2 cm³/mol. The highest BCUT2D eigenvalue weighted by atomic mass is 16.5. The van der Waals surface area contributed by atoms with Crippen LogP contribution in [0.25, 0.3) is 11.6 Å². The lowest BCUT2D eigenvalue weighted by Gasteiger charge is -2.05. The van der Waals surface area contributed by atoms with Gasteiger partial charge in [-0.05, 0) is 29.3 Å². The van der Waals surface area contributed by atoms with Crippen LogP contribution in [-0.4, -0.2) is 12.6 Å². The summed E-state index contributed by atoms with van der Waals surface area (Å²) in [4.78, 5) is 11.5. The normalized spacial score (nSPS) is 10.5. The molecule has 0 aliphatic carbocycles. The van der Waals surface area contributed by atoms with Crippen molar-refractivity contribution in [2.75, 3.05) is 6.61 Å². The number of hydrogen-bond donors (Lipinski definition) is 0. The molecule has 19 heavy (non-hydrogen) atoms. The summed E-state index contributed by atoms with van der Waals surface area (Å²) in [6.07, 6.45) is 4.44. The molecular formula is C16H14O3. The van der Waals surface area contributed by atoms with Crippen LogP contribution in [0.4, 0.5) is 0 Å². The minimum absolute atomic E-state index is 0.172. The first-order chi connectivity index (χ1) is 9.25. The van der Waals surface area contributed by atoms with Crippen molar-refractivity contribution in [3.8, 4) is 0 Å². The Labute approximate surface area is 111 Å². The lowest BCUT2D eigenvalue weighted by atomic mass is 10.1. The van der Waals surface area contributed by atoms with Crippen LogP contribution < -0.4 is 0 Å². The highest BCUT2D eigenvalue weighted by Crippen LogP contribution is 2.11. The van der Waals surface area contributed by atoms with Gasteiger partial charge in [0.1, 0.15) is 12.4 Å². The summed E-state index contributed by atoms with van der Waals surface area (Å²) in [5.74, 6) is 0.187. The van der Waals surface area contributed by atoms with Crippen molar-refractivity contribution in [1.82, 2.24) is 0 Å². The van der Waals surface area contributed by atoms with E-state index in [1.165, 1.54) is 6.08 Å². The van der Waals surface area contributed by atoms with Gasteiger partial charge in [0.25, 0.3) is 0 Å². The fourth-order valence-electron chi connectivity index (χ4n) is 1.50. The Balaban J connectivity index is 1.82. The second-order valence-electron chi connectivity index (χ2n) is 3.93. The van der Waals surface area contributed by atoms with Crippen LogP contribution in [0.2, 0.25) is 0 Å². The summed E-state index contributed by atoms with van der Waals surface area (Å²) >= 11 is 0. The summed E-state index contributed by atoms with van der Waals surface area (Å²) in [6.45, 7) is 4.06. The van der Waals surface area contributed by atoms with Gasteiger partial charge in [-0.25, -0.2) is 4.79 Å². The fraction of sp³-hybridized carbons (Fsp3) is 0.0625. The van der Waals surface area contributed by atoms with Gasteiger partial charge in [-0.2, -0.15) is 0 Å². The molecule has 1 heterocycles. The van der Waals surface area contributed by atoms with E-state index in [0.29, 0.717) is 5.76 Å². The van der Waals surface area contributed by atoms with Crippen LogP contribution in [0.1, 0.15) is 11.3 Å². The second kappa shape index (κ2) is 6.40. The van der Waals surface area contributed by atoms with Crippen LogP contribution >= 0.6 is 0 Å². The Hall–Kier alpha value is -2.55. The topological polar surface area (TPSA) is 39.4 Å². The van der Waals surface area contributed by atoms with Gasteiger partial charge in [-0.1, -0.05) is 36.9 Å². The summed E-state index contributed by atoms with van der Waals surface area (Å²) < 4.78 is 10.2. The highest BCUT2D eigenvalue weighted by Gasteiger charge is 2.02. The largest absolute Gasteiger partial charge is 0.465 e. The van der Waals surface area contributed by atoms with Crippen LogP contribution in [0.15, 0.2) is 65.8 Å². The number of benzene rings is 1. The molecule has 0 aliphatic heterocycles. The zero-order chi connectivity index (χ0) is 13.5. The Bertz CT molecular complexity index is 565. The molecule has 3 nitrogen and oxygen atoms in total. The van der Waals surface area contributed by atoms with Gasteiger partial charge >= 0.3 is 5.97 Å². The highest BCUT2D eigenvalue weighted by molar-refractivity contribution is 5.87. The van der Waals surface area contributed by atoms with Gasteiger partial charge in [-0.15, -0.1) is 0 Å². The molecule has 0 radical (unpaired) electrons. The molecule has 2 aromatic rings. The maximum Gasteiger partial charge on any atom is 0.331 e. The first-order valence-corrected chi connectivity index (χ1v) is 5.87. The molecule has 0 atom stereocenters. The minimum Gasteiger partial charge on any atom is -0.465 e. The monoisotopic (exact) mass is 254 g/mol. The number of ether oxygens (including phenoxy) is 1. The Morgan fingerprint density at radius 1 is 1.21 bits per heavy atom. The lowest BCUT2D eigenvalue weighted by Crippen LogP contribution is -2.03. The van der Waals surface area contributed by atoms with Crippen molar-refractivity contribution >= 4 is 17.6 Å². The van der Waals surface area contributed by atoms with Gasteiger partial charge in [0, 0.05) is 6.08 Å². The molecule has 0 bridgehead atoms. The first kappa shape index (κ1) is 12.9. The quantitative estimate of drug-likeness (QED) is 0.605. The minimum atomic E-state index is -0.423. The SMILES string of the molecule is C=C(COC(=O)C=Cc1ccco1)c1ccccc1. The molecule has 3 heteroatoms. The molecule has 0 amide bonds. The van der Waals surface area contributed by atoms with Crippen LogP contribution in [-0.2, 0) is 9.53 Å². The van der Waals surface area contributed by atoms with E-state index in [9.17, 15) is 4.79 Å². The average molecular weight is 254 g/mol. The third-order valence-corrected chi connectivity index (χ3v) is 2.50. The summed E-state index contributed by atoms with van der Waals surface area (Å²) in [5, 5.41) is 0. The second-order valence-corrected chi connectivity index (χ2v) is 3.93. The summed E-state index contributed by atoms with van der Waals surface area (Å²) in [6, 6.07) is 13.1. The number of carbonyl (C=O) groups excluding carboxylic acids is 1. The van der Waals surface area contributed by atoms with Crippen molar-refractivity contribution in [1.29, 1.82) is 0 Å². The van der Waals surface area contributed by atoms with Crippen molar-refractivity contribution in [2.45, 2.75) is 0 Å². The van der Waals surface area contributed by atoms with E-state index < -0.39 is 5.97 Å². The fourth-order valence-corrected chi connectivity index (χ4v) is 1.50. The summed E-state index contributed by atoms with van der Waals surface area (Å²) in [7, 11) is 0. The smallest absolute Gasteiger partial charge is 0.331 e. The van der Waals surface area contributed by atoms with Crippen LogP contribution in [0.5, 0.6) is 0 Å². The van der Waals surface area contributed by atoms with Crippen LogP contribution in [0.3, 0.4) is 0 Å². The van der Waals surface area contributed by atoms with Crippen molar-refractivity contribution in [3.63, 3.8) is 0 Å². The molecular weight excluding hydrogens is 240 g/mol. The molecule has 0 aliphatic rings. The van der Waals surface area contributed by atoms with E-state index >= 15 is 0 Å². The summed E-state index contributed by atoms with van der Waals surface area (Å²) in [5.41, 5.74) is 1.73. The zero-order valence-corrected chi connectivity index (χ0v) is 10.4. The Morgan fingerprint density at radius 2 is 2.00 bits per heavy atom. The van der Waals surface area contributed by atoms with E-state index in [2.05, 4.69) is 6.58 Å². The van der Waals surface area contributed by atoms with Gasteiger partial charge in [0.15, 0.2) is 0 Å². The van der Waals surface area contributed by atoms with E-state index in [4.69, 9.17) is 9.15 Å². The van der Waals surface area contributed by atoms with Crippen molar-refractivity contribution < 1.29 is 13.9 Å². The number of rotatable bonds is 5. The standard InChI is InChI=1S/C16H14O3/c1-13(14-6-3-2-4-7-14)12-19-16(17)10-9-15-8-5-11-18-15/h2-11H,1,12H2. The molecule has 96 valence electrons. The zero-order valence-electron chi connectivity index (χ0n) is 10.4. The third kappa shape index (κ3) is 4.00. The Kier molecular flexibility index (Phi) is 4.34. The number of esters is 1. The predicted octanol–water partition coefficient (Wildman–Crippen LogP) is 3.55. The number of hydrogen-bond acceptors (Lipinski definition) is 3. The molecule has 0 spiro atoms. The van der Waals surface area contributed by atoms with E-state index in [1.54, 1.807) is 24.5 Å². The molecule has 1 aromatic heterocycles. The van der Waals surface area contributed by atoms with Crippen LogP contribution in [0, 0.1) is 0 Å². The molecule has 0 N–H and O–H groups in total. The lowest BCUT2D eigenvalue weighted by molar-refractivity contribution is -0.136. The van der Waals surface area contributed by atoms with Crippen molar-refractivity contribution in [3.05, 3.63) is 72.7 Å². The number of furan rings is 1. The third-order valence-electron chi connectivity index (χ3n) is 2.50. The van der Waals surface area contributed by atoms with Gasteiger partial charge in [-0.3, -0.25) is 0 Å². The van der Waals surface area contributed by atoms with E-state index in [0.717, 1.165) is 11.1 Å². The van der Waals surface area contributed by atoms with E-state index in [1.807, 2.05) is 30.3 Å². The molecule has 0 fully saturated rings. The average Bonchev–Trinajstić information content (AvgIpc) is 2.96. The first-order valence-electron chi connectivity index (χ1n) is 5.87.